The zero-order valence-electron chi connectivity index (χ0n) is 13.2. The van der Waals surface area contributed by atoms with E-state index in [0.717, 1.165) is 23.5 Å². The molecule has 2 N–H and O–H groups in total. The smallest absolute Gasteiger partial charge is 0.127 e. The van der Waals surface area contributed by atoms with E-state index < -0.39 is 0 Å². The van der Waals surface area contributed by atoms with E-state index in [4.69, 9.17) is 11.6 Å². The summed E-state index contributed by atoms with van der Waals surface area (Å²) in [6.45, 7) is 8.90. The quantitative estimate of drug-likeness (QED) is 0.830. The maximum absolute atomic E-state index is 6.09. The summed E-state index contributed by atoms with van der Waals surface area (Å²) in [5, 5.41) is 0.868. The zero-order valence-corrected chi connectivity index (χ0v) is 14.0. The van der Waals surface area contributed by atoms with Gasteiger partial charge in [-0.2, -0.15) is 0 Å². The summed E-state index contributed by atoms with van der Waals surface area (Å²) < 4.78 is 0. The van der Waals surface area contributed by atoms with Crippen LogP contribution in [0.5, 0.6) is 0 Å². The van der Waals surface area contributed by atoms with Crippen LogP contribution >= 0.6 is 11.6 Å². The lowest BCUT2D eigenvalue weighted by atomic mass is 9.86. The van der Waals surface area contributed by atoms with E-state index in [0.29, 0.717) is 0 Å². The lowest BCUT2D eigenvalue weighted by molar-refractivity contribution is -1.03. The number of hydrogen-bond donors (Lipinski definition) is 2. The van der Waals surface area contributed by atoms with Gasteiger partial charge in [-0.25, -0.2) is 0 Å². The number of rotatable bonds is 3. The van der Waals surface area contributed by atoms with Crippen molar-refractivity contribution in [3.63, 3.8) is 0 Å². The Hall–Kier alpha value is -0.570. The molecule has 3 rings (SSSR count). The van der Waals surface area contributed by atoms with Gasteiger partial charge in [0.15, 0.2) is 0 Å². The Kier molecular flexibility index (Phi) is 5.20. The first-order valence-electron chi connectivity index (χ1n) is 8.63. The Balaban J connectivity index is 1.48. The van der Waals surface area contributed by atoms with Crippen molar-refractivity contribution < 1.29 is 9.80 Å². The van der Waals surface area contributed by atoms with Crippen molar-refractivity contribution in [2.45, 2.75) is 45.2 Å². The van der Waals surface area contributed by atoms with Gasteiger partial charge in [-0.1, -0.05) is 37.1 Å². The number of halogens is 1. The largest absolute Gasteiger partial charge is 0.323 e. The molecule has 0 amide bonds. The average Bonchev–Trinajstić information content (AvgIpc) is 2.48. The fraction of sp³-hybridized carbons (Fsp3) is 0.667. The second-order valence-corrected chi connectivity index (χ2v) is 7.62. The van der Waals surface area contributed by atoms with Gasteiger partial charge in [0.25, 0.3) is 0 Å². The summed E-state index contributed by atoms with van der Waals surface area (Å²) in [7, 11) is 0. The first kappa shape index (κ1) is 15.3. The summed E-state index contributed by atoms with van der Waals surface area (Å²) in [4.78, 5) is 3.61. The van der Waals surface area contributed by atoms with Crippen molar-refractivity contribution in [2.75, 3.05) is 26.2 Å². The fourth-order valence-corrected chi connectivity index (χ4v) is 4.46. The third-order valence-electron chi connectivity index (χ3n) is 5.46. The minimum Gasteiger partial charge on any atom is -0.323 e. The van der Waals surface area contributed by atoms with Gasteiger partial charge >= 0.3 is 0 Å². The predicted octanol–water partition coefficient (Wildman–Crippen LogP) is 1.20. The van der Waals surface area contributed by atoms with E-state index in [2.05, 4.69) is 25.1 Å². The van der Waals surface area contributed by atoms with Crippen molar-refractivity contribution in [1.29, 1.82) is 0 Å². The highest BCUT2D eigenvalue weighted by Crippen LogP contribution is 2.21. The topological polar surface area (TPSA) is 8.88 Å². The number of nitrogens with one attached hydrogen (secondary N) is 2. The molecule has 0 bridgehead atoms. The van der Waals surface area contributed by atoms with Crippen molar-refractivity contribution in [2.24, 2.45) is 5.92 Å². The minimum absolute atomic E-state index is 0.868. The van der Waals surface area contributed by atoms with Gasteiger partial charge in [-0.15, -0.1) is 0 Å². The summed E-state index contributed by atoms with van der Waals surface area (Å²) in [6.07, 6.45) is 5.83. The third kappa shape index (κ3) is 4.21. The van der Waals surface area contributed by atoms with Crippen LogP contribution in [-0.2, 0) is 6.54 Å². The molecule has 2 nitrogen and oxygen atoms in total. The lowest BCUT2D eigenvalue weighted by Crippen LogP contribution is -3.29. The molecule has 21 heavy (non-hydrogen) atoms. The van der Waals surface area contributed by atoms with Crippen molar-refractivity contribution >= 4 is 11.6 Å². The second-order valence-electron chi connectivity index (χ2n) is 7.18. The van der Waals surface area contributed by atoms with Gasteiger partial charge in [0.05, 0.1) is 6.04 Å². The van der Waals surface area contributed by atoms with E-state index >= 15 is 0 Å². The SMILES string of the molecule is C[C@H]1CCC[C@H]([NH+]2CC[NH+](Cc3cccc(Cl)c3)CC2)C1. The molecule has 1 heterocycles. The molecule has 1 aliphatic heterocycles. The molecule has 116 valence electrons. The molecule has 0 unspecified atom stereocenters. The van der Waals surface area contributed by atoms with Crippen LogP contribution in [-0.4, -0.2) is 32.2 Å². The molecule has 2 atom stereocenters. The summed E-state index contributed by atoms with van der Waals surface area (Å²) >= 11 is 6.09. The second kappa shape index (κ2) is 7.13. The van der Waals surface area contributed by atoms with E-state index in [9.17, 15) is 0 Å². The van der Waals surface area contributed by atoms with Crippen LogP contribution in [0.2, 0.25) is 5.02 Å². The Labute approximate surface area is 134 Å². The molecule has 0 aromatic heterocycles. The molecule has 1 aliphatic carbocycles. The van der Waals surface area contributed by atoms with Crippen LogP contribution in [0, 0.1) is 5.92 Å². The summed E-state index contributed by atoms with van der Waals surface area (Å²) in [5.41, 5.74) is 1.38. The van der Waals surface area contributed by atoms with Gasteiger partial charge in [-0.05, 0) is 30.9 Å². The van der Waals surface area contributed by atoms with Gasteiger partial charge in [0, 0.05) is 17.0 Å². The Bertz CT molecular complexity index is 454. The average molecular weight is 309 g/mol. The third-order valence-corrected chi connectivity index (χ3v) is 5.69. The van der Waals surface area contributed by atoms with Crippen molar-refractivity contribution in [3.05, 3.63) is 34.9 Å². The van der Waals surface area contributed by atoms with E-state index in [1.807, 2.05) is 11.0 Å². The minimum atomic E-state index is 0.868. The summed E-state index contributed by atoms with van der Waals surface area (Å²) in [6, 6.07) is 9.31. The van der Waals surface area contributed by atoms with E-state index in [1.165, 1.54) is 57.4 Å². The monoisotopic (exact) mass is 308 g/mol. The molecule has 2 fully saturated rings. The van der Waals surface area contributed by atoms with E-state index in [1.54, 1.807) is 4.90 Å². The normalized spacial score (nSPS) is 33.8. The standard InChI is InChI=1S/C18H27ClN2/c1-15-4-2-7-18(12-15)21-10-8-20(9-11-21)14-16-5-3-6-17(19)13-16/h3,5-6,13,15,18H,2,4,7-12,14H2,1H3/p+2/t15-,18-/m0/s1. The van der Waals surface area contributed by atoms with Crippen molar-refractivity contribution in [3.8, 4) is 0 Å². The van der Waals surface area contributed by atoms with Gasteiger partial charge in [0.2, 0.25) is 0 Å². The van der Waals surface area contributed by atoms with Crippen LogP contribution in [0.3, 0.4) is 0 Å². The number of quaternary nitrogens is 2. The number of piperazine rings is 1. The maximum atomic E-state index is 6.09. The van der Waals surface area contributed by atoms with Gasteiger partial charge in [-0.3, -0.25) is 0 Å². The van der Waals surface area contributed by atoms with Gasteiger partial charge in [0.1, 0.15) is 32.7 Å². The van der Waals surface area contributed by atoms with Crippen LogP contribution in [0.1, 0.15) is 38.2 Å². The molecular weight excluding hydrogens is 280 g/mol. The van der Waals surface area contributed by atoms with Crippen molar-refractivity contribution in [1.82, 2.24) is 0 Å². The summed E-state index contributed by atoms with van der Waals surface area (Å²) in [5.74, 6) is 0.952. The highest BCUT2D eigenvalue weighted by Gasteiger charge is 2.32. The predicted molar refractivity (Wildman–Crippen MR) is 88.0 cm³/mol. The van der Waals surface area contributed by atoms with Crippen LogP contribution in [0.15, 0.2) is 24.3 Å². The van der Waals surface area contributed by atoms with Crippen LogP contribution in [0.4, 0.5) is 0 Å². The molecule has 1 aromatic carbocycles. The Morgan fingerprint density at radius 3 is 2.67 bits per heavy atom. The lowest BCUT2D eigenvalue weighted by Gasteiger charge is -2.37. The molecule has 3 heteroatoms. The van der Waals surface area contributed by atoms with Crippen LogP contribution in [0.25, 0.3) is 0 Å². The number of benzene rings is 1. The Morgan fingerprint density at radius 2 is 1.95 bits per heavy atom. The van der Waals surface area contributed by atoms with Gasteiger partial charge < -0.3 is 9.80 Å². The molecule has 0 radical (unpaired) electrons. The molecular formula is C18H29ClN2+2. The molecule has 1 saturated carbocycles. The molecule has 1 aromatic rings. The zero-order chi connectivity index (χ0) is 14.7. The van der Waals surface area contributed by atoms with E-state index in [-0.39, 0.29) is 0 Å². The maximum Gasteiger partial charge on any atom is 0.127 e. The molecule has 1 saturated heterocycles. The molecule has 0 spiro atoms. The number of hydrogen-bond acceptors (Lipinski definition) is 0. The Morgan fingerprint density at radius 1 is 1.14 bits per heavy atom. The fourth-order valence-electron chi connectivity index (χ4n) is 4.25. The first-order valence-corrected chi connectivity index (χ1v) is 9.01. The highest BCUT2D eigenvalue weighted by molar-refractivity contribution is 6.30. The first-order chi connectivity index (χ1) is 10.2. The van der Waals surface area contributed by atoms with Crippen LogP contribution < -0.4 is 9.80 Å². The molecule has 2 aliphatic rings. The highest BCUT2D eigenvalue weighted by atomic mass is 35.5.